The molecule has 0 spiro atoms. The molecule has 15 heteroatoms. The highest BCUT2D eigenvalue weighted by Crippen LogP contribution is 2.34. The van der Waals surface area contributed by atoms with Crippen molar-refractivity contribution in [1.82, 2.24) is 23.8 Å². The Kier molecular flexibility index (Phi) is 11.2. The van der Waals surface area contributed by atoms with Crippen molar-refractivity contribution in [1.29, 1.82) is 0 Å². The highest BCUT2D eigenvalue weighted by Gasteiger charge is 2.22. The van der Waals surface area contributed by atoms with Crippen LogP contribution in [0.1, 0.15) is 37.1 Å². The topological polar surface area (TPSA) is 160 Å². The summed E-state index contributed by atoms with van der Waals surface area (Å²) >= 11 is 1.61. The molecule has 2 N–H and O–H groups in total. The number of aromatic amines is 1. The van der Waals surface area contributed by atoms with Gasteiger partial charge in [-0.25, -0.2) is 8.82 Å². The molecule has 0 amide bonds. The molecule has 14 nitrogen and oxygen atoms in total. The van der Waals surface area contributed by atoms with E-state index < -0.39 is 5.09 Å². The number of fused-ring (bicyclic) bond motifs is 1. The van der Waals surface area contributed by atoms with Gasteiger partial charge >= 0.3 is 0 Å². The summed E-state index contributed by atoms with van der Waals surface area (Å²) in [4.78, 5) is 39.4. The van der Waals surface area contributed by atoms with Gasteiger partial charge in [-0.05, 0) is 56.0 Å². The van der Waals surface area contributed by atoms with Gasteiger partial charge in [0.1, 0.15) is 24.5 Å². The van der Waals surface area contributed by atoms with Gasteiger partial charge in [0.25, 0.3) is 10.6 Å². The number of piperazine rings is 1. The van der Waals surface area contributed by atoms with E-state index in [4.69, 9.17) is 19.8 Å². The lowest BCUT2D eigenvalue weighted by atomic mass is 10.1. The summed E-state index contributed by atoms with van der Waals surface area (Å²) in [6.07, 6.45) is 3.08. The summed E-state index contributed by atoms with van der Waals surface area (Å²) in [6, 6.07) is 5.84. The van der Waals surface area contributed by atoms with Crippen molar-refractivity contribution in [3.8, 4) is 17.1 Å². The van der Waals surface area contributed by atoms with E-state index >= 15 is 0 Å². The van der Waals surface area contributed by atoms with E-state index in [-0.39, 0.29) is 25.4 Å². The maximum Gasteiger partial charge on any atom is 0.294 e. The molecule has 0 saturated carbocycles. The minimum absolute atomic E-state index is 0.0601. The highest BCUT2D eigenvalue weighted by atomic mass is 32.2. The first-order valence-electron chi connectivity index (χ1n) is 14.0. The molecule has 0 bridgehead atoms. The number of nitrogens with one attached hydrogen (secondary N) is 1. The van der Waals surface area contributed by atoms with Crippen molar-refractivity contribution >= 4 is 23.7 Å². The molecule has 0 aliphatic carbocycles. The zero-order chi connectivity index (χ0) is 30.1. The standard InChI is InChI=1S/C27H37N7O7S/c1-4-6-23-22(18-28-40-16-14-35)19(3)25-27(36)29-26(30-33(23)25)21-17-20(7-8-24(21)39-5-2)42-32-11-9-31(10-12-32)13-15-41-34(37)38/h7-8,17-18,35H,4-6,9-16H2,1-3H3,(H,29,30,36)/b28-18+. The minimum Gasteiger partial charge on any atom is -0.493 e. The van der Waals surface area contributed by atoms with Crippen molar-refractivity contribution in [2.75, 3.05) is 59.2 Å². The van der Waals surface area contributed by atoms with Crippen LogP contribution in [0.4, 0.5) is 0 Å². The third-order valence-corrected chi connectivity index (χ3v) is 7.87. The van der Waals surface area contributed by atoms with Crippen molar-refractivity contribution in [3.05, 3.63) is 55.5 Å². The molecule has 4 rings (SSSR count). The summed E-state index contributed by atoms with van der Waals surface area (Å²) < 4.78 is 9.85. The van der Waals surface area contributed by atoms with Gasteiger partial charge in [0.2, 0.25) is 0 Å². The number of aromatic nitrogens is 3. The van der Waals surface area contributed by atoms with Gasteiger partial charge in [0.15, 0.2) is 5.82 Å². The van der Waals surface area contributed by atoms with Crippen LogP contribution in [0, 0.1) is 17.0 Å². The molecule has 1 aromatic carbocycles. The second-order valence-corrected chi connectivity index (χ2v) is 10.8. The number of aryl methyl sites for hydroxylation is 2. The van der Waals surface area contributed by atoms with E-state index in [1.54, 1.807) is 22.7 Å². The predicted octanol–water partition coefficient (Wildman–Crippen LogP) is 2.53. The Hall–Kier alpha value is -3.66. The van der Waals surface area contributed by atoms with Gasteiger partial charge in [0.05, 0.1) is 30.7 Å². The van der Waals surface area contributed by atoms with Crippen LogP contribution in [0.15, 0.2) is 33.0 Å². The molecule has 1 saturated heterocycles. The van der Waals surface area contributed by atoms with Crippen molar-refractivity contribution in [3.63, 3.8) is 0 Å². The number of aliphatic hydroxyl groups excluding tert-OH is 1. The van der Waals surface area contributed by atoms with Gasteiger partial charge in [-0.3, -0.25) is 9.69 Å². The molecule has 2 aromatic heterocycles. The fraction of sp³-hybridized carbons (Fsp3) is 0.519. The van der Waals surface area contributed by atoms with Crippen LogP contribution in [0.2, 0.25) is 0 Å². The second kappa shape index (κ2) is 15.0. The zero-order valence-corrected chi connectivity index (χ0v) is 24.9. The lowest BCUT2D eigenvalue weighted by Crippen LogP contribution is -2.44. The molecule has 228 valence electrons. The maximum absolute atomic E-state index is 13.4. The zero-order valence-electron chi connectivity index (χ0n) is 24.1. The van der Waals surface area contributed by atoms with Gasteiger partial charge < -0.3 is 24.5 Å². The number of aliphatic hydroxyl groups is 1. The lowest BCUT2D eigenvalue weighted by molar-refractivity contribution is -0.757. The van der Waals surface area contributed by atoms with Gasteiger partial charge in [-0.15, -0.1) is 15.2 Å². The number of hydrogen-bond donors (Lipinski definition) is 2. The van der Waals surface area contributed by atoms with Crippen LogP contribution in [-0.4, -0.2) is 99.4 Å². The van der Waals surface area contributed by atoms with Gasteiger partial charge in [-0.1, -0.05) is 18.5 Å². The fourth-order valence-electron chi connectivity index (χ4n) is 4.84. The largest absolute Gasteiger partial charge is 0.493 e. The molecule has 1 fully saturated rings. The van der Waals surface area contributed by atoms with Crippen LogP contribution in [0.5, 0.6) is 5.75 Å². The fourth-order valence-corrected chi connectivity index (χ4v) is 5.79. The number of ether oxygens (including phenoxy) is 1. The molecule has 1 aliphatic rings. The average Bonchev–Trinajstić information content (AvgIpc) is 3.23. The van der Waals surface area contributed by atoms with Crippen LogP contribution in [0.25, 0.3) is 16.9 Å². The number of oxime groups is 1. The van der Waals surface area contributed by atoms with E-state index in [0.29, 0.717) is 42.2 Å². The second-order valence-electron chi connectivity index (χ2n) is 9.60. The van der Waals surface area contributed by atoms with E-state index in [1.165, 1.54) is 0 Å². The SMILES string of the molecule is CCCc1c(/C=N/OCCO)c(C)c2c(=O)[nH]c(-c3cc(SN4CCN(CCO[N+](=O)[O-])CC4)ccc3OCC)nn12. The first kappa shape index (κ1) is 31.3. The van der Waals surface area contributed by atoms with E-state index in [1.807, 2.05) is 32.0 Å². The van der Waals surface area contributed by atoms with Crippen LogP contribution in [0.3, 0.4) is 0 Å². The lowest BCUT2D eigenvalue weighted by Gasteiger charge is -2.33. The molecule has 1 aliphatic heterocycles. The maximum atomic E-state index is 13.4. The first-order chi connectivity index (χ1) is 20.4. The summed E-state index contributed by atoms with van der Waals surface area (Å²) in [5.41, 5.74) is 3.20. The molecule has 42 heavy (non-hydrogen) atoms. The average molecular weight is 604 g/mol. The summed E-state index contributed by atoms with van der Waals surface area (Å²) in [5, 5.41) is 27.5. The molecule has 3 heterocycles. The molecule has 3 aromatic rings. The Bertz CT molecular complexity index is 1450. The quantitative estimate of drug-likeness (QED) is 0.0864. The van der Waals surface area contributed by atoms with E-state index in [9.17, 15) is 14.9 Å². The molecular weight excluding hydrogens is 566 g/mol. The molecule has 0 unspecified atom stereocenters. The van der Waals surface area contributed by atoms with Crippen molar-refractivity contribution in [2.45, 2.75) is 38.5 Å². The molecule has 0 atom stereocenters. The van der Waals surface area contributed by atoms with Crippen LogP contribution in [-0.2, 0) is 16.1 Å². The number of hydrogen-bond acceptors (Lipinski definition) is 12. The van der Waals surface area contributed by atoms with Crippen molar-refractivity contribution in [2.24, 2.45) is 5.16 Å². The van der Waals surface area contributed by atoms with Gasteiger partial charge in [-0.2, -0.15) is 0 Å². The van der Waals surface area contributed by atoms with E-state index in [0.717, 1.165) is 54.3 Å². The Morgan fingerprint density at radius 2 is 2.02 bits per heavy atom. The van der Waals surface area contributed by atoms with Crippen molar-refractivity contribution < 1.29 is 24.6 Å². The monoisotopic (exact) mass is 603 g/mol. The molecular formula is C27H37N7O7S. The predicted molar refractivity (Wildman–Crippen MR) is 159 cm³/mol. The Labute approximate surface area is 247 Å². The Morgan fingerprint density at radius 3 is 2.71 bits per heavy atom. The van der Waals surface area contributed by atoms with Crippen LogP contribution < -0.4 is 10.3 Å². The smallest absolute Gasteiger partial charge is 0.294 e. The molecule has 0 radical (unpaired) electrons. The first-order valence-corrected chi connectivity index (χ1v) is 14.7. The third kappa shape index (κ3) is 7.59. The highest BCUT2D eigenvalue weighted by molar-refractivity contribution is 7.97. The Balaban J connectivity index is 1.62. The summed E-state index contributed by atoms with van der Waals surface area (Å²) in [6.45, 7) is 9.88. The van der Waals surface area contributed by atoms with E-state index in [2.05, 4.69) is 31.1 Å². The number of nitrogens with zero attached hydrogens (tertiary/aromatic N) is 6. The summed E-state index contributed by atoms with van der Waals surface area (Å²) in [5.74, 6) is 1.00. The normalized spacial score (nSPS) is 14.6. The summed E-state index contributed by atoms with van der Waals surface area (Å²) in [7, 11) is 0. The number of benzene rings is 1. The Morgan fingerprint density at radius 1 is 1.24 bits per heavy atom. The minimum atomic E-state index is -0.763. The van der Waals surface area contributed by atoms with Gasteiger partial charge in [0, 0.05) is 43.2 Å². The number of rotatable bonds is 15. The third-order valence-electron chi connectivity index (χ3n) is 6.79. The van der Waals surface area contributed by atoms with Crippen LogP contribution >= 0.6 is 11.9 Å². The number of H-pyrrole nitrogens is 1.